The molecule has 138 valence electrons. The third kappa shape index (κ3) is 5.85. The minimum Gasteiger partial charge on any atom is -0.356 e. The Kier molecular flexibility index (Phi) is 9.53. The molecule has 6 nitrogen and oxygen atoms in total. The van der Waals surface area contributed by atoms with E-state index in [1.165, 1.54) is 11.3 Å². The molecule has 24 heavy (non-hydrogen) atoms. The van der Waals surface area contributed by atoms with Crippen LogP contribution in [0.3, 0.4) is 0 Å². The zero-order chi connectivity index (χ0) is 16.7. The maximum Gasteiger partial charge on any atom is 0.252 e. The van der Waals surface area contributed by atoms with Crippen LogP contribution in [0.2, 0.25) is 0 Å². The van der Waals surface area contributed by atoms with Crippen LogP contribution in [-0.4, -0.2) is 45.4 Å². The summed E-state index contributed by atoms with van der Waals surface area (Å²) in [6.45, 7) is 4.81. The van der Waals surface area contributed by atoms with Gasteiger partial charge in [0.2, 0.25) is 0 Å². The molecule has 1 fully saturated rings. The molecule has 0 radical (unpaired) electrons. The lowest BCUT2D eigenvalue weighted by atomic mass is 10.2. The molecule has 0 bridgehead atoms. The summed E-state index contributed by atoms with van der Waals surface area (Å²) in [7, 11) is -1.59. The maximum absolute atomic E-state index is 12.6. The average molecular weight is 486 g/mol. The Labute approximate surface area is 166 Å². The van der Waals surface area contributed by atoms with E-state index in [2.05, 4.69) is 22.5 Å². The maximum atomic E-state index is 12.6. The lowest BCUT2D eigenvalue weighted by Crippen LogP contribution is -2.37. The van der Waals surface area contributed by atoms with Crippen molar-refractivity contribution in [2.24, 2.45) is 4.99 Å². The third-order valence-electron chi connectivity index (χ3n) is 3.74. The number of piperidine rings is 1. The van der Waals surface area contributed by atoms with Crippen molar-refractivity contribution in [2.75, 3.05) is 26.7 Å². The van der Waals surface area contributed by atoms with E-state index in [4.69, 9.17) is 0 Å². The number of sulfonamides is 1. The number of nitrogens with zero attached hydrogens (tertiary/aromatic N) is 2. The number of hydrogen-bond donors (Lipinski definition) is 2. The Balaban J connectivity index is 0.00000288. The van der Waals surface area contributed by atoms with E-state index in [1.54, 1.807) is 17.4 Å². The summed E-state index contributed by atoms with van der Waals surface area (Å²) < 4.78 is 27.3. The molecule has 1 aromatic rings. The standard InChI is InChI=1S/C15H26N4O2S2.HI/c1-3-9-17-15(16-2)18-12-13-7-8-14(22-13)23(20,21)19-10-5-4-6-11-19;/h7-8H,3-6,9-12H2,1-2H3,(H2,16,17,18);1H. The summed E-state index contributed by atoms with van der Waals surface area (Å²) in [6, 6.07) is 3.59. The van der Waals surface area contributed by atoms with Crippen LogP contribution in [-0.2, 0) is 16.6 Å². The molecule has 1 saturated heterocycles. The molecular weight excluding hydrogens is 459 g/mol. The first kappa shape index (κ1) is 21.7. The molecule has 0 unspecified atom stereocenters. The Bertz CT molecular complexity index is 625. The summed E-state index contributed by atoms with van der Waals surface area (Å²) in [5.74, 6) is 0.737. The van der Waals surface area contributed by atoms with Crippen LogP contribution in [0, 0.1) is 0 Å². The second kappa shape index (κ2) is 10.6. The second-order valence-electron chi connectivity index (χ2n) is 5.54. The monoisotopic (exact) mass is 486 g/mol. The summed E-state index contributed by atoms with van der Waals surface area (Å²) in [4.78, 5) is 5.13. The van der Waals surface area contributed by atoms with Crippen molar-refractivity contribution >= 4 is 51.3 Å². The first-order valence-electron chi connectivity index (χ1n) is 8.11. The van der Waals surface area contributed by atoms with Gasteiger partial charge in [0.05, 0.1) is 6.54 Å². The van der Waals surface area contributed by atoms with Crippen LogP contribution in [0.5, 0.6) is 0 Å². The first-order valence-corrected chi connectivity index (χ1v) is 10.4. The van der Waals surface area contributed by atoms with Crippen molar-refractivity contribution in [3.63, 3.8) is 0 Å². The highest BCUT2D eigenvalue weighted by atomic mass is 127. The van der Waals surface area contributed by atoms with Crippen molar-refractivity contribution in [1.29, 1.82) is 0 Å². The zero-order valence-electron chi connectivity index (χ0n) is 14.2. The number of guanidine groups is 1. The molecule has 0 aliphatic carbocycles. The van der Waals surface area contributed by atoms with E-state index in [0.29, 0.717) is 23.8 Å². The minimum atomic E-state index is -3.32. The molecule has 0 aromatic carbocycles. The fourth-order valence-corrected chi connectivity index (χ4v) is 5.43. The molecule has 1 aliphatic rings. The van der Waals surface area contributed by atoms with Gasteiger partial charge in [0.1, 0.15) is 4.21 Å². The highest BCUT2D eigenvalue weighted by Gasteiger charge is 2.27. The molecular formula is C15H27IN4O2S2. The van der Waals surface area contributed by atoms with Crippen LogP contribution in [0.1, 0.15) is 37.5 Å². The summed E-state index contributed by atoms with van der Waals surface area (Å²) >= 11 is 1.33. The fourth-order valence-electron chi connectivity index (χ4n) is 2.46. The van der Waals surface area contributed by atoms with Gasteiger partial charge in [0.25, 0.3) is 10.0 Å². The average Bonchev–Trinajstić information content (AvgIpc) is 3.06. The van der Waals surface area contributed by atoms with Gasteiger partial charge in [-0.25, -0.2) is 8.42 Å². The van der Waals surface area contributed by atoms with E-state index >= 15 is 0 Å². The van der Waals surface area contributed by atoms with Crippen LogP contribution in [0.4, 0.5) is 0 Å². The summed E-state index contributed by atoms with van der Waals surface area (Å²) in [5, 5.41) is 6.40. The Morgan fingerprint density at radius 1 is 1.25 bits per heavy atom. The number of thiophene rings is 1. The molecule has 2 heterocycles. The lowest BCUT2D eigenvalue weighted by molar-refractivity contribution is 0.347. The van der Waals surface area contributed by atoms with Gasteiger partial charge in [-0.05, 0) is 31.4 Å². The van der Waals surface area contributed by atoms with E-state index < -0.39 is 10.0 Å². The number of nitrogens with one attached hydrogen (secondary N) is 2. The number of hydrogen-bond acceptors (Lipinski definition) is 4. The van der Waals surface area contributed by atoms with E-state index in [-0.39, 0.29) is 24.0 Å². The number of rotatable bonds is 6. The highest BCUT2D eigenvalue weighted by Crippen LogP contribution is 2.26. The van der Waals surface area contributed by atoms with Gasteiger partial charge in [0, 0.05) is 31.6 Å². The molecule has 0 saturated carbocycles. The zero-order valence-corrected chi connectivity index (χ0v) is 18.2. The second-order valence-corrected chi connectivity index (χ2v) is 8.87. The number of halogens is 1. The van der Waals surface area contributed by atoms with E-state index in [9.17, 15) is 8.42 Å². The normalized spacial score (nSPS) is 16.5. The van der Waals surface area contributed by atoms with Crippen LogP contribution >= 0.6 is 35.3 Å². The molecule has 0 atom stereocenters. The lowest BCUT2D eigenvalue weighted by Gasteiger charge is -2.25. The van der Waals surface area contributed by atoms with Crippen molar-refractivity contribution in [1.82, 2.24) is 14.9 Å². The van der Waals surface area contributed by atoms with Gasteiger partial charge in [0.15, 0.2) is 5.96 Å². The quantitative estimate of drug-likeness (QED) is 0.369. The van der Waals surface area contributed by atoms with Crippen molar-refractivity contribution in [3.05, 3.63) is 17.0 Å². The van der Waals surface area contributed by atoms with Gasteiger partial charge in [-0.1, -0.05) is 13.3 Å². The largest absolute Gasteiger partial charge is 0.356 e. The molecule has 0 amide bonds. The Morgan fingerprint density at radius 2 is 1.96 bits per heavy atom. The highest BCUT2D eigenvalue weighted by molar-refractivity contribution is 14.0. The SMILES string of the molecule is CCCNC(=NC)NCc1ccc(S(=O)(=O)N2CCCCC2)s1.I. The first-order chi connectivity index (χ1) is 11.1. The van der Waals surface area contributed by atoms with E-state index in [0.717, 1.165) is 43.1 Å². The molecule has 2 rings (SSSR count). The van der Waals surface area contributed by atoms with Gasteiger partial charge < -0.3 is 10.6 Å². The van der Waals surface area contributed by atoms with Gasteiger partial charge >= 0.3 is 0 Å². The van der Waals surface area contributed by atoms with Gasteiger partial charge in [-0.2, -0.15) is 4.31 Å². The minimum absolute atomic E-state index is 0. The molecule has 9 heteroatoms. The van der Waals surface area contributed by atoms with Crippen LogP contribution < -0.4 is 10.6 Å². The predicted octanol–water partition coefficient (Wildman–Crippen LogP) is 2.62. The fraction of sp³-hybridized carbons (Fsp3) is 0.667. The topological polar surface area (TPSA) is 73.8 Å². The van der Waals surface area contributed by atoms with Crippen molar-refractivity contribution < 1.29 is 8.42 Å². The van der Waals surface area contributed by atoms with Gasteiger partial charge in [-0.15, -0.1) is 35.3 Å². The smallest absolute Gasteiger partial charge is 0.252 e. The molecule has 2 N–H and O–H groups in total. The van der Waals surface area contributed by atoms with Crippen LogP contribution in [0.25, 0.3) is 0 Å². The van der Waals surface area contributed by atoms with Crippen molar-refractivity contribution in [3.8, 4) is 0 Å². The Morgan fingerprint density at radius 3 is 2.58 bits per heavy atom. The third-order valence-corrected chi connectivity index (χ3v) is 7.19. The summed E-state index contributed by atoms with van der Waals surface area (Å²) in [5.41, 5.74) is 0. The van der Waals surface area contributed by atoms with Crippen molar-refractivity contribution in [2.45, 2.75) is 43.4 Å². The van der Waals surface area contributed by atoms with E-state index in [1.807, 2.05) is 6.07 Å². The molecule has 1 aliphatic heterocycles. The molecule has 0 spiro atoms. The molecule has 1 aromatic heterocycles. The summed E-state index contributed by atoms with van der Waals surface area (Å²) in [6.07, 6.45) is 4.06. The Hall–Kier alpha value is -0.390. The predicted molar refractivity (Wildman–Crippen MR) is 111 cm³/mol. The van der Waals surface area contributed by atoms with Crippen LogP contribution in [0.15, 0.2) is 21.3 Å². The number of aliphatic imine (C=N–C) groups is 1. The van der Waals surface area contributed by atoms with Gasteiger partial charge in [-0.3, -0.25) is 4.99 Å².